The Morgan fingerprint density at radius 1 is 0.880 bits per heavy atom. The number of pyridine rings is 1. The second kappa shape index (κ2) is 9.33. The van der Waals surface area contributed by atoms with Gasteiger partial charge in [0.25, 0.3) is 0 Å². The molecule has 2 N–H and O–H groups in total. The number of likely N-dealkylation sites (N-methyl/N-ethyl adjacent to an activating group) is 1. The first-order chi connectivity index (χ1) is 11.8. The van der Waals surface area contributed by atoms with Crippen molar-refractivity contribution >= 4 is 12.4 Å². The third-order valence-electron chi connectivity index (χ3n) is 3.96. The van der Waals surface area contributed by atoms with Crippen LogP contribution in [0.2, 0.25) is 0 Å². The first-order valence-corrected chi connectivity index (χ1v) is 8.29. The molecule has 1 unspecified atom stereocenters. The molecule has 130 valence electrons. The molecule has 0 radical (unpaired) electrons. The van der Waals surface area contributed by atoms with E-state index in [-0.39, 0.29) is 12.4 Å². The van der Waals surface area contributed by atoms with Gasteiger partial charge < -0.3 is 10.4 Å². The molecule has 3 rings (SSSR count). The highest BCUT2D eigenvalue weighted by atomic mass is 35.5. The number of hydrogen-bond donors (Lipinski definition) is 2. The average molecular weight is 355 g/mol. The molecule has 2 aromatic carbocycles. The summed E-state index contributed by atoms with van der Waals surface area (Å²) in [6, 6.07) is 24.1. The second-order valence-electron chi connectivity index (χ2n) is 5.73. The number of aromatic nitrogens is 1. The van der Waals surface area contributed by atoms with Crippen molar-refractivity contribution in [2.75, 3.05) is 13.1 Å². The molecule has 0 saturated heterocycles. The summed E-state index contributed by atoms with van der Waals surface area (Å²) in [7, 11) is 0. The lowest BCUT2D eigenvalue weighted by Gasteiger charge is -2.15. The summed E-state index contributed by atoms with van der Waals surface area (Å²) >= 11 is 0. The number of rotatable bonds is 6. The summed E-state index contributed by atoms with van der Waals surface area (Å²) in [5.41, 5.74) is 4.73. The summed E-state index contributed by atoms with van der Waals surface area (Å²) in [5, 5.41) is 13.7. The molecule has 0 aliphatic rings. The van der Waals surface area contributed by atoms with E-state index in [1.807, 2.05) is 79.7 Å². The molecule has 0 aliphatic heterocycles. The molecule has 0 saturated carbocycles. The maximum absolute atomic E-state index is 10.5. The molecular weight excluding hydrogens is 332 g/mol. The molecule has 0 bridgehead atoms. The van der Waals surface area contributed by atoms with Gasteiger partial charge in [-0.15, -0.1) is 12.4 Å². The van der Waals surface area contributed by atoms with Crippen LogP contribution in [0, 0.1) is 0 Å². The van der Waals surface area contributed by atoms with E-state index in [9.17, 15) is 5.11 Å². The van der Waals surface area contributed by atoms with Crippen LogP contribution in [0.15, 0.2) is 72.8 Å². The highest BCUT2D eigenvalue weighted by molar-refractivity contribution is 5.85. The number of nitrogens with one attached hydrogen (secondary N) is 1. The quantitative estimate of drug-likeness (QED) is 0.686. The standard InChI is InChI=1S/C21H22N2O.ClH/c1-2-22-15-21(24)18-13-19(16-9-5-3-6-10-16)23-20(14-18)17-11-7-4-8-12-17;/h3-14,21-22,24H,2,15H2,1H3;1H. The van der Waals surface area contributed by atoms with Gasteiger partial charge in [0.15, 0.2) is 0 Å². The van der Waals surface area contributed by atoms with Crippen LogP contribution in [-0.2, 0) is 0 Å². The van der Waals surface area contributed by atoms with Crippen molar-refractivity contribution in [1.82, 2.24) is 10.3 Å². The minimum atomic E-state index is -0.558. The highest BCUT2D eigenvalue weighted by Gasteiger charge is 2.12. The van der Waals surface area contributed by atoms with Crippen LogP contribution < -0.4 is 5.32 Å². The average Bonchev–Trinajstić information content (AvgIpc) is 2.67. The van der Waals surface area contributed by atoms with E-state index in [0.717, 1.165) is 34.6 Å². The van der Waals surface area contributed by atoms with E-state index >= 15 is 0 Å². The Morgan fingerprint density at radius 3 is 1.80 bits per heavy atom. The lowest BCUT2D eigenvalue weighted by Crippen LogP contribution is -2.21. The number of aliphatic hydroxyl groups is 1. The van der Waals surface area contributed by atoms with Gasteiger partial charge in [0.2, 0.25) is 0 Å². The molecule has 25 heavy (non-hydrogen) atoms. The Balaban J connectivity index is 0.00000225. The highest BCUT2D eigenvalue weighted by Crippen LogP contribution is 2.27. The molecule has 0 fully saturated rings. The minimum absolute atomic E-state index is 0. The van der Waals surface area contributed by atoms with Crippen LogP contribution in [0.5, 0.6) is 0 Å². The fourth-order valence-corrected chi connectivity index (χ4v) is 2.66. The van der Waals surface area contributed by atoms with E-state index in [0.29, 0.717) is 6.54 Å². The Kier molecular flexibility index (Phi) is 7.14. The maximum Gasteiger partial charge on any atom is 0.0915 e. The van der Waals surface area contributed by atoms with Crippen LogP contribution in [0.25, 0.3) is 22.5 Å². The van der Waals surface area contributed by atoms with Gasteiger partial charge in [0.1, 0.15) is 0 Å². The fraction of sp³-hybridized carbons (Fsp3) is 0.190. The van der Waals surface area contributed by atoms with E-state index in [1.165, 1.54) is 0 Å². The summed E-state index contributed by atoms with van der Waals surface area (Å²) in [4.78, 5) is 4.81. The van der Waals surface area contributed by atoms with Gasteiger partial charge in [-0.2, -0.15) is 0 Å². The summed E-state index contributed by atoms with van der Waals surface area (Å²) in [6.45, 7) is 3.40. The molecule has 3 nitrogen and oxygen atoms in total. The molecular formula is C21H23ClN2O. The van der Waals surface area contributed by atoms with Crippen LogP contribution in [0.4, 0.5) is 0 Å². The largest absolute Gasteiger partial charge is 0.387 e. The van der Waals surface area contributed by atoms with Crippen LogP contribution >= 0.6 is 12.4 Å². The molecule has 1 aromatic heterocycles. The van der Waals surface area contributed by atoms with Gasteiger partial charge >= 0.3 is 0 Å². The summed E-state index contributed by atoms with van der Waals surface area (Å²) in [5.74, 6) is 0. The number of aliphatic hydroxyl groups excluding tert-OH is 1. The maximum atomic E-state index is 10.5. The molecule has 0 amide bonds. The SMILES string of the molecule is CCNCC(O)c1cc(-c2ccccc2)nc(-c2ccccc2)c1.Cl. The third-order valence-corrected chi connectivity index (χ3v) is 3.96. The van der Waals surface area contributed by atoms with Crippen LogP contribution in [0.3, 0.4) is 0 Å². The van der Waals surface area contributed by atoms with Crippen molar-refractivity contribution < 1.29 is 5.11 Å². The van der Waals surface area contributed by atoms with E-state index < -0.39 is 6.10 Å². The summed E-state index contributed by atoms with van der Waals surface area (Å²) < 4.78 is 0. The lowest BCUT2D eigenvalue weighted by atomic mass is 10.0. The van der Waals surface area contributed by atoms with E-state index in [2.05, 4.69) is 5.32 Å². The zero-order valence-electron chi connectivity index (χ0n) is 14.2. The lowest BCUT2D eigenvalue weighted by molar-refractivity contribution is 0.175. The van der Waals surface area contributed by atoms with E-state index in [4.69, 9.17) is 4.98 Å². The van der Waals surface area contributed by atoms with Crippen molar-refractivity contribution in [3.63, 3.8) is 0 Å². The van der Waals surface area contributed by atoms with Crippen molar-refractivity contribution in [2.24, 2.45) is 0 Å². The number of halogens is 1. The molecule has 0 spiro atoms. The van der Waals surface area contributed by atoms with Crippen molar-refractivity contribution in [3.05, 3.63) is 78.4 Å². The Labute approximate surface area is 155 Å². The van der Waals surface area contributed by atoms with Gasteiger partial charge in [-0.25, -0.2) is 4.98 Å². The van der Waals surface area contributed by atoms with E-state index in [1.54, 1.807) is 0 Å². The van der Waals surface area contributed by atoms with Gasteiger partial charge in [-0.3, -0.25) is 0 Å². The number of benzene rings is 2. The molecule has 1 heterocycles. The van der Waals surface area contributed by atoms with Gasteiger partial charge in [0, 0.05) is 17.7 Å². The molecule has 3 aromatic rings. The zero-order valence-corrected chi connectivity index (χ0v) is 15.0. The van der Waals surface area contributed by atoms with Gasteiger partial charge in [-0.1, -0.05) is 67.6 Å². The van der Waals surface area contributed by atoms with Crippen LogP contribution in [0.1, 0.15) is 18.6 Å². The second-order valence-corrected chi connectivity index (χ2v) is 5.73. The number of hydrogen-bond acceptors (Lipinski definition) is 3. The molecule has 0 aliphatic carbocycles. The van der Waals surface area contributed by atoms with Crippen molar-refractivity contribution in [3.8, 4) is 22.5 Å². The first-order valence-electron chi connectivity index (χ1n) is 8.29. The first kappa shape index (κ1) is 19.1. The monoisotopic (exact) mass is 354 g/mol. The summed E-state index contributed by atoms with van der Waals surface area (Å²) in [6.07, 6.45) is -0.558. The van der Waals surface area contributed by atoms with Crippen LogP contribution in [-0.4, -0.2) is 23.2 Å². The van der Waals surface area contributed by atoms with Gasteiger partial charge in [0.05, 0.1) is 17.5 Å². The predicted molar refractivity (Wildman–Crippen MR) is 106 cm³/mol. The zero-order chi connectivity index (χ0) is 16.8. The topological polar surface area (TPSA) is 45.1 Å². The Morgan fingerprint density at radius 2 is 1.36 bits per heavy atom. The van der Waals surface area contributed by atoms with Crippen molar-refractivity contribution in [1.29, 1.82) is 0 Å². The smallest absolute Gasteiger partial charge is 0.0915 e. The van der Waals surface area contributed by atoms with Crippen molar-refractivity contribution in [2.45, 2.75) is 13.0 Å². The predicted octanol–water partition coefficient (Wildman–Crippen LogP) is 4.48. The normalized spacial score (nSPS) is 11.6. The molecule has 4 heteroatoms. The Bertz CT molecular complexity index is 721. The fourth-order valence-electron chi connectivity index (χ4n) is 2.66. The molecule has 1 atom stereocenters. The number of nitrogens with zero attached hydrogens (tertiary/aromatic N) is 1. The van der Waals surface area contributed by atoms with Gasteiger partial charge in [-0.05, 0) is 24.2 Å². The minimum Gasteiger partial charge on any atom is -0.387 e. The Hall–Kier alpha value is -2.20. The third kappa shape index (κ3) is 4.89.